The number of rotatable bonds is 6. The number of carbonyl (C=O) groups is 2. The summed E-state index contributed by atoms with van der Waals surface area (Å²) in [5, 5.41) is 7.94. The normalized spacial score (nSPS) is 11.0. The van der Waals surface area contributed by atoms with Crippen molar-refractivity contribution in [1.29, 1.82) is 0 Å². The second kappa shape index (κ2) is 9.93. The first-order valence-corrected chi connectivity index (χ1v) is 9.41. The van der Waals surface area contributed by atoms with E-state index in [1.165, 1.54) is 0 Å². The van der Waals surface area contributed by atoms with Crippen molar-refractivity contribution in [3.8, 4) is 0 Å². The monoisotopic (exact) mass is 398 g/mol. The highest BCUT2D eigenvalue weighted by molar-refractivity contribution is 5.98. The molecule has 0 aromatic heterocycles. The molecule has 150 valence electrons. The molecule has 0 heterocycles. The van der Waals surface area contributed by atoms with Crippen LogP contribution < -0.4 is 10.9 Å². The summed E-state index contributed by atoms with van der Waals surface area (Å²) < 4.78 is 0. The van der Waals surface area contributed by atoms with Gasteiger partial charge in [0.25, 0.3) is 11.8 Å². The maximum atomic E-state index is 12.2. The molecule has 0 atom stereocenters. The van der Waals surface area contributed by atoms with Gasteiger partial charge in [-0.25, -0.2) is 10.9 Å². The van der Waals surface area contributed by atoms with Crippen molar-refractivity contribution in [2.75, 3.05) is 0 Å². The summed E-state index contributed by atoms with van der Waals surface area (Å²) in [7, 11) is 0. The molecule has 0 unspecified atom stereocenters. The van der Waals surface area contributed by atoms with Gasteiger partial charge in [0.15, 0.2) is 0 Å². The van der Waals surface area contributed by atoms with E-state index in [4.69, 9.17) is 0 Å². The van der Waals surface area contributed by atoms with Gasteiger partial charge in [-0.05, 0) is 49.2 Å². The molecule has 2 N–H and O–H groups in total. The second-order valence-electron chi connectivity index (χ2n) is 6.80. The van der Waals surface area contributed by atoms with E-state index in [0.29, 0.717) is 11.1 Å². The molecule has 30 heavy (non-hydrogen) atoms. The summed E-state index contributed by atoms with van der Waals surface area (Å²) in [4.78, 5) is 24.4. The molecule has 3 aromatic rings. The molecule has 0 saturated carbocycles. The number of hydrazone groups is 2. The van der Waals surface area contributed by atoms with E-state index in [0.717, 1.165) is 22.3 Å². The van der Waals surface area contributed by atoms with Gasteiger partial charge in [-0.2, -0.15) is 10.2 Å². The van der Waals surface area contributed by atoms with Crippen LogP contribution >= 0.6 is 0 Å². The molecule has 0 spiro atoms. The third kappa shape index (κ3) is 5.97. The molecule has 0 aliphatic carbocycles. The lowest BCUT2D eigenvalue weighted by Crippen LogP contribution is -2.19. The van der Waals surface area contributed by atoms with Gasteiger partial charge in [-0.1, -0.05) is 59.7 Å². The van der Waals surface area contributed by atoms with Crippen LogP contribution in [0.4, 0.5) is 0 Å². The predicted molar refractivity (Wildman–Crippen MR) is 119 cm³/mol. The zero-order valence-electron chi connectivity index (χ0n) is 16.8. The summed E-state index contributed by atoms with van der Waals surface area (Å²) in [5.41, 5.74) is 9.78. The number of benzene rings is 3. The number of nitrogens with one attached hydrogen (secondary N) is 2. The maximum absolute atomic E-state index is 12.2. The minimum atomic E-state index is -0.358. The average Bonchev–Trinajstić information content (AvgIpc) is 2.74. The molecule has 3 aromatic carbocycles. The highest BCUT2D eigenvalue weighted by Gasteiger charge is 2.08. The van der Waals surface area contributed by atoms with Crippen molar-refractivity contribution < 1.29 is 9.59 Å². The Morgan fingerprint density at radius 1 is 0.667 bits per heavy atom. The fourth-order valence-corrected chi connectivity index (χ4v) is 2.73. The maximum Gasteiger partial charge on any atom is 0.271 e. The highest BCUT2D eigenvalue weighted by atomic mass is 16.2. The fourth-order valence-electron chi connectivity index (χ4n) is 2.73. The molecule has 0 radical (unpaired) electrons. The van der Waals surface area contributed by atoms with Crippen LogP contribution in [0.25, 0.3) is 0 Å². The van der Waals surface area contributed by atoms with Crippen molar-refractivity contribution in [2.45, 2.75) is 13.8 Å². The van der Waals surface area contributed by atoms with Gasteiger partial charge in [0.1, 0.15) is 0 Å². The summed E-state index contributed by atoms with van der Waals surface area (Å²) in [6.07, 6.45) is 3.16. The van der Waals surface area contributed by atoms with E-state index in [2.05, 4.69) is 21.1 Å². The summed E-state index contributed by atoms with van der Waals surface area (Å²) in [5.74, 6) is -0.716. The van der Waals surface area contributed by atoms with Gasteiger partial charge in [0, 0.05) is 11.1 Å². The first-order valence-electron chi connectivity index (χ1n) is 9.41. The summed E-state index contributed by atoms with van der Waals surface area (Å²) in [6.45, 7) is 3.98. The van der Waals surface area contributed by atoms with E-state index in [-0.39, 0.29) is 11.8 Å². The number of hydrogen-bond donors (Lipinski definition) is 2. The quantitative estimate of drug-likeness (QED) is 0.489. The largest absolute Gasteiger partial charge is 0.271 e. The Bertz CT molecular complexity index is 1010. The number of hydrogen-bond acceptors (Lipinski definition) is 4. The Balaban J connectivity index is 1.54. The molecular formula is C24H22N4O2. The van der Waals surface area contributed by atoms with Crippen LogP contribution in [0.5, 0.6) is 0 Å². The predicted octanol–water partition coefficient (Wildman–Crippen LogP) is 3.83. The van der Waals surface area contributed by atoms with Crippen LogP contribution in [0.1, 0.15) is 43.0 Å². The van der Waals surface area contributed by atoms with Gasteiger partial charge in [0.05, 0.1) is 12.4 Å². The zero-order valence-corrected chi connectivity index (χ0v) is 16.8. The molecule has 2 amide bonds. The topological polar surface area (TPSA) is 82.9 Å². The molecule has 3 rings (SSSR count). The van der Waals surface area contributed by atoms with Crippen molar-refractivity contribution in [1.82, 2.24) is 10.9 Å². The number of carbonyl (C=O) groups excluding carboxylic acids is 2. The van der Waals surface area contributed by atoms with Crippen LogP contribution in [0, 0.1) is 13.8 Å². The van der Waals surface area contributed by atoms with E-state index in [9.17, 15) is 9.59 Å². The Labute approximate surface area is 175 Å². The average molecular weight is 398 g/mol. The minimum absolute atomic E-state index is 0.358. The molecule has 0 aliphatic heterocycles. The second-order valence-corrected chi connectivity index (χ2v) is 6.80. The lowest BCUT2D eigenvalue weighted by Gasteiger charge is -2.03. The Morgan fingerprint density at radius 2 is 1.07 bits per heavy atom. The van der Waals surface area contributed by atoms with E-state index >= 15 is 0 Å². The zero-order chi connectivity index (χ0) is 21.3. The number of aryl methyl sites for hydroxylation is 2. The van der Waals surface area contributed by atoms with Crippen molar-refractivity contribution >= 4 is 24.2 Å². The van der Waals surface area contributed by atoms with Crippen LogP contribution in [0.3, 0.4) is 0 Å². The molecule has 0 aliphatic rings. The van der Waals surface area contributed by atoms with Crippen LogP contribution in [-0.4, -0.2) is 24.2 Å². The van der Waals surface area contributed by atoms with Crippen molar-refractivity contribution in [3.63, 3.8) is 0 Å². The lowest BCUT2D eigenvalue weighted by atomic mass is 10.1. The van der Waals surface area contributed by atoms with Gasteiger partial charge in [-0.3, -0.25) is 9.59 Å². The first-order chi connectivity index (χ1) is 14.5. The Kier molecular flexibility index (Phi) is 6.84. The smallest absolute Gasteiger partial charge is 0.267 e. The SMILES string of the molecule is Cc1cccc(C=NNC(=O)c2ccc(C(=O)NN=Cc3cccc(C)c3)cc2)c1. The molecule has 0 bridgehead atoms. The number of nitrogens with zero attached hydrogens (tertiary/aromatic N) is 2. The Morgan fingerprint density at radius 3 is 1.43 bits per heavy atom. The lowest BCUT2D eigenvalue weighted by molar-refractivity contribution is 0.0943. The summed E-state index contributed by atoms with van der Waals surface area (Å²) >= 11 is 0. The van der Waals surface area contributed by atoms with Crippen molar-refractivity contribution in [2.24, 2.45) is 10.2 Å². The van der Waals surface area contributed by atoms with Gasteiger partial charge in [0.2, 0.25) is 0 Å². The minimum Gasteiger partial charge on any atom is -0.267 e. The highest BCUT2D eigenvalue weighted by Crippen LogP contribution is 2.06. The van der Waals surface area contributed by atoms with Crippen molar-refractivity contribution in [3.05, 3.63) is 106 Å². The van der Waals surface area contributed by atoms with E-state index in [1.807, 2.05) is 62.4 Å². The molecule has 0 saturated heterocycles. The van der Waals surface area contributed by atoms with Gasteiger partial charge < -0.3 is 0 Å². The van der Waals surface area contributed by atoms with Crippen LogP contribution in [0.2, 0.25) is 0 Å². The van der Waals surface area contributed by atoms with Gasteiger partial charge in [-0.15, -0.1) is 0 Å². The van der Waals surface area contributed by atoms with Gasteiger partial charge >= 0.3 is 0 Å². The fraction of sp³-hybridized carbons (Fsp3) is 0.0833. The summed E-state index contributed by atoms with van der Waals surface area (Å²) in [6, 6.07) is 21.8. The number of amides is 2. The van der Waals surface area contributed by atoms with Crippen LogP contribution in [0.15, 0.2) is 83.0 Å². The molecule has 6 heteroatoms. The van der Waals surface area contributed by atoms with Crippen LogP contribution in [-0.2, 0) is 0 Å². The molecule has 6 nitrogen and oxygen atoms in total. The first kappa shape index (κ1) is 20.7. The molecule has 0 fully saturated rings. The third-order valence-corrected chi connectivity index (χ3v) is 4.25. The third-order valence-electron chi connectivity index (χ3n) is 4.25. The van der Waals surface area contributed by atoms with E-state index in [1.54, 1.807) is 36.7 Å². The Hall–Kier alpha value is -4.06. The van der Waals surface area contributed by atoms with E-state index < -0.39 is 0 Å². The standard InChI is InChI=1S/C24H22N4O2/c1-17-5-3-7-19(13-17)15-25-27-23(29)21-9-11-22(12-10-21)24(30)28-26-16-20-8-4-6-18(2)14-20/h3-16H,1-2H3,(H,27,29)(H,28,30). The molecular weight excluding hydrogens is 376 g/mol.